The zero-order valence-electron chi connectivity index (χ0n) is 13.4. The molecule has 2 aromatic rings. The number of carbonyl (C=O) groups is 1. The Hall–Kier alpha value is -2.66. The lowest BCUT2D eigenvalue weighted by molar-refractivity contribution is 0.194. The van der Waals surface area contributed by atoms with Crippen LogP contribution in [0.25, 0.3) is 0 Å². The van der Waals surface area contributed by atoms with Crippen molar-refractivity contribution in [3.8, 4) is 6.07 Å². The Bertz CT molecular complexity index is 760. The van der Waals surface area contributed by atoms with Gasteiger partial charge in [0.25, 0.3) is 0 Å². The third-order valence-electron chi connectivity index (χ3n) is 3.82. The van der Waals surface area contributed by atoms with Crippen LogP contribution in [0.2, 0.25) is 0 Å². The van der Waals surface area contributed by atoms with Gasteiger partial charge in [0.05, 0.1) is 18.2 Å². The van der Waals surface area contributed by atoms with Crippen LogP contribution in [0.4, 0.5) is 10.6 Å². The van der Waals surface area contributed by atoms with E-state index in [-0.39, 0.29) is 6.03 Å². The van der Waals surface area contributed by atoms with Crippen molar-refractivity contribution in [2.45, 2.75) is 13.5 Å². The smallest absolute Gasteiger partial charge is 0.317 e. The maximum absolute atomic E-state index is 12.2. The molecule has 7 nitrogen and oxygen atoms in total. The summed E-state index contributed by atoms with van der Waals surface area (Å²) in [6.07, 6.45) is 1.64. The Morgan fingerprint density at radius 2 is 2.21 bits per heavy atom. The fraction of sp³-hybridized carbons (Fsp3) is 0.375. The number of amides is 2. The lowest BCUT2D eigenvalue weighted by Crippen LogP contribution is -2.51. The first kappa shape index (κ1) is 16.2. The molecular formula is C16H18N6OS. The normalized spacial score (nSPS) is 14.3. The molecule has 0 aromatic carbocycles. The Morgan fingerprint density at radius 3 is 2.88 bits per heavy atom. The first-order valence-electron chi connectivity index (χ1n) is 7.70. The van der Waals surface area contributed by atoms with E-state index in [0.29, 0.717) is 38.3 Å². The summed E-state index contributed by atoms with van der Waals surface area (Å²) in [5, 5.41) is 14.8. The van der Waals surface area contributed by atoms with Crippen molar-refractivity contribution in [1.82, 2.24) is 20.2 Å². The van der Waals surface area contributed by atoms with Gasteiger partial charge in [0, 0.05) is 43.4 Å². The van der Waals surface area contributed by atoms with Gasteiger partial charge in [-0.05, 0) is 19.1 Å². The molecule has 8 heteroatoms. The molecule has 1 aliphatic heterocycles. The number of hydrogen-bond donors (Lipinski definition) is 1. The third-order valence-corrected chi connectivity index (χ3v) is 4.79. The molecule has 1 fully saturated rings. The average molecular weight is 342 g/mol. The Balaban J connectivity index is 1.51. The predicted molar refractivity (Wildman–Crippen MR) is 91.8 cm³/mol. The second-order valence-electron chi connectivity index (χ2n) is 5.53. The highest BCUT2D eigenvalue weighted by atomic mass is 32.1. The molecule has 1 N–H and O–H groups in total. The number of urea groups is 1. The molecule has 0 unspecified atom stereocenters. The first-order valence-corrected chi connectivity index (χ1v) is 8.58. The highest BCUT2D eigenvalue weighted by Gasteiger charge is 2.22. The largest absolute Gasteiger partial charge is 0.353 e. The van der Waals surface area contributed by atoms with E-state index in [9.17, 15) is 4.79 Å². The van der Waals surface area contributed by atoms with Crippen LogP contribution in [0.15, 0.2) is 23.7 Å². The van der Waals surface area contributed by atoms with Crippen LogP contribution >= 0.6 is 11.3 Å². The fourth-order valence-electron chi connectivity index (χ4n) is 2.55. The number of hydrogen-bond acceptors (Lipinski definition) is 6. The number of anilines is 1. The molecule has 0 aliphatic carbocycles. The van der Waals surface area contributed by atoms with Crippen LogP contribution in [0.5, 0.6) is 0 Å². The fourth-order valence-corrected chi connectivity index (χ4v) is 3.26. The maximum atomic E-state index is 12.2. The van der Waals surface area contributed by atoms with Gasteiger partial charge in [-0.25, -0.2) is 14.8 Å². The maximum Gasteiger partial charge on any atom is 0.317 e. The molecular weight excluding hydrogens is 324 g/mol. The van der Waals surface area contributed by atoms with Gasteiger partial charge in [-0.3, -0.25) is 0 Å². The molecule has 2 aromatic heterocycles. The van der Waals surface area contributed by atoms with Crippen LogP contribution in [0, 0.1) is 18.3 Å². The number of nitriles is 1. The lowest BCUT2D eigenvalue weighted by Gasteiger charge is -2.35. The van der Waals surface area contributed by atoms with E-state index in [2.05, 4.69) is 26.3 Å². The molecule has 3 rings (SSSR count). The van der Waals surface area contributed by atoms with Crippen molar-refractivity contribution in [1.29, 1.82) is 5.26 Å². The number of thiazole rings is 1. The van der Waals surface area contributed by atoms with Crippen molar-refractivity contribution in [3.63, 3.8) is 0 Å². The first-order chi connectivity index (χ1) is 11.7. The average Bonchev–Trinajstić information content (AvgIpc) is 3.05. The number of rotatable bonds is 3. The third kappa shape index (κ3) is 3.81. The summed E-state index contributed by atoms with van der Waals surface area (Å²) in [7, 11) is 0. The predicted octanol–water partition coefficient (Wildman–Crippen LogP) is 1.75. The molecule has 1 aliphatic rings. The summed E-state index contributed by atoms with van der Waals surface area (Å²) >= 11 is 1.55. The monoisotopic (exact) mass is 342 g/mol. The minimum absolute atomic E-state index is 0.0683. The zero-order chi connectivity index (χ0) is 16.9. The van der Waals surface area contributed by atoms with Gasteiger partial charge in [-0.2, -0.15) is 5.26 Å². The number of pyridine rings is 1. The van der Waals surface area contributed by atoms with Crippen molar-refractivity contribution >= 4 is 23.2 Å². The molecule has 24 heavy (non-hydrogen) atoms. The summed E-state index contributed by atoms with van der Waals surface area (Å²) in [6.45, 7) is 5.05. The van der Waals surface area contributed by atoms with E-state index >= 15 is 0 Å². The highest BCUT2D eigenvalue weighted by molar-refractivity contribution is 7.09. The quantitative estimate of drug-likeness (QED) is 0.918. The molecule has 0 radical (unpaired) electrons. The standard InChI is InChI=1S/C16H18N6OS/c1-12-11-24-15(20-12)10-19-16(23)22-6-4-21(5-7-22)14-8-13(9-17)2-3-18-14/h2-3,8,11H,4-7,10H2,1H3,(H,19,23). The van der Waals surface area contributed by atoms with Crippen LogP contribution in [-0.4, -0.2) is 47.1 Å². The van der Waals surface area contributed by atoms with Gasteiger partial charge in [0.1, 0.15) is 10.8 Å². The SMILES string of the molecule is Cc1csc(CNC(=O)N2CCN(c3cc(C#N)ccn3)CC2)n1. The molecule has 0 spiro atoms. The number of aromatic nitrogens is 2. The lowest BCUT2D eigenvalue weighted by atomic mass is 10.2. The van der Waals surface area contributed by atoms with Gasteiger partial charge in [0.15, 0.2) is 0 Å². The number of aryl methyl sites for hydroxylation is 1. The zero-order valence-corrected chi connectivity index (χ0v) is 14.2. The summed E-state index contributed by atoms with van der Waals surface area (Å²) in [5.41, 5.74) is 1.57. The number of nitrogens with zero attached hydrogens (tertiary/aromatic N) is 5. The van der Waals surface area contributed by atoms with E-state index < -0.39 is 0 Å². The minimum Gasteiger partial charge on any atom is -0.353 e. The topological polar surface area (TPSA) is 85.2 Å². The summed E-state index contributed by atoms with van der Waals surface area (Å²) in [5.74, 6) is 0.785. The molecule has 0 saturated carbocycles. The van der Waals surface area contributed by atoms with Crippen molar-refractivity contribution in [2.75, 3.05) is 31.1 Å². The van der Waals surface area contributed by atoms with Gasteiger partial charge < -0.3 is 15.1 Å². The van der Waals surface area contributed by atoms with E-state index in [1.807, 2.05) is 12.3 Å². The summed E-state index contributed by atoms with van der Waals surface area (Å²) in [4.78, 5) is 24.8. The molecule has 124 valence electrons. The van der Waals surface area contributed by atoms with Gasteiger partial charge in [0.2, 0.25) is 0 Å². The minimum atomic E-state index is -0.0683. The van der Waals surface area contributed by atoms with E-state index in [1.165, 1.54) is 0 Å². The number of nitrogens with one attached hydrogen (secondary N) is 1. The highest BCUT2D eigenvalue weighted by Crippen LogP contribution is 2.15. The summed E-state index contributed by atoms with van der Waals surface area (Å²) in [6, 6.07) is 5.52. The Labute approximate surface area is 144 Å². The molecule has 0 bridgehead atoms. The van der Waals surface area contributed by atoms with Crippen molar-refractivity contribution in [2.24, 2.45) is 0 Å². The number of piperazine rings is 1. The van der Waals surface area contributed by atoms with Gasteiger partial charge in [-0.15, -0.1) is 11.3 Å². The number of carbonyl (C=O) groups excluding carboxylic acids is 1. The molecule has 1 saturated heterocycles. The molecule has 2 amide bonds. The van der Waals surface area contributed by atoms with E-state index in [4.69, 9.17) is 5.26 Å². The Kier molecular flexibility index (Phi) is 4.91. The van der Waals surface area contributed by atoms with Gasteiger partial charge in [-0.1, -0.05) is 0 Å². The second-order valence-corrected chi connectivity index (χ2v) is 6.47. The molecule has 0 atom stereocenters. The van der Waals surface area contributed by atoms with Crippen LogP contribution in [0.3, 0.4) is 0 Å². The van der Waals surface area contributed by atoms with E-state index in [1.54, 1.807) is 34.6 Å². The van der Waals surface area contributed by atoms with Crippen molar-refractivity contribution < 1.29 is 4.79 Å². The van der Waals surface area contributed by atoms with Gasteiger partial charge >= 0.3 is 6.03 Å². The van der Waals surface area contributed by atoms with Crippen LogP contribution in [-0.2, 0) is 6.54 Å². The molecule has 3 heterocycles. The van der Waals surface area contributed by atoms with E-state index in [0.717, 1.165) is 16.5 Å². The Morgan fingerprint density at radius 1 is 1.42 bits per heavy atom. The second kappa shape index (κ2) is 7.27. The van der Waals surface area contributed by atoms with Crippen molar-refractivity contribution in [3.05, 3.63) is 40.0 Å². The van der Waals surface area contributed by atoms with Crippen LogP contribution < -0.4 is 10.2 Å². The summed E-state index contributed by atoms with van der Waals surface area (Å²) < 4.78 is 0. The van der Waals surface area contributed by atoms with Crippen LogP contribution in [0.1, 0.15) is 16.3 Å².